The van der Waals surface area contributed by atoms with E-state index in [1.165, 1.54) is 6.07 Å². The van der Waals surface area contributed by atoms with Crippen LogP contribution in [0.4, 0.5) is 10.1 Å². The zero-order chi connectivity index (χ0) is 17.2. The van der Waals surface area contributed by atoms with E-state index >= 15 is 0 Å². The van der Waals surface area contributed by atoms with E-state index in [4.69, 9.17) is 0 Å². The molecule has 4 nitrogen and oxygen atoms in total. The number of benzene rings is 1. The van der Waals surface area contributed by atoms with E-state index < -0.39 is 0 Å². The Morgan fingerprint density at radius 1 is 1.28 bits per heavy atom. The van der Waals surface area contributed by atoms with Crippen molar-refractivity contribution in [3.63, 3.8) is 0 Å². The first-order chi connectivity index (χ1) is 12.2. The zero-order valence-corrected chi connectivity index (χ0v) is 14.1. The van der Waals surface area contributed by atoms with Crippen LogP contribution in [-0.2, 0) is 4.79 Å². The molecule has 0 unspecified atom stereocenters. The molecular formula is C20H22FN3O. The minimum Gasteiger partial charge on any atom is -0.369 e. The average molecular weight is 339 g/mol. The average Bonchev–Trinajstić information content (AvgIpc) is 3.44. The van der Waals surface area contributed by atoms with E-state index in [9.17, 15) is 9.18 Å². The van der Waals surface area contributed by atoms with Gasteiger partial charge < -0.3 is 10.2 Å². The Morgan fingerprint density at radius 2 is 2.20 bits per heavy atom. The highest BCUT2D eigenvalue weighted by Gasteiger charge is 2.44. The van der Waals surface area contributed by atoms with Crippen molar-refractivity contribution in [1.29, 1.82) is 0 Å². The molecule has 1 saturated heterocycles. The van der Waals surface area contributed by atoms with Crippen LogP contribution in [0, 0.1) is 11.7 Å². The fourth-order valence-corrected chi connectivity index (χ4v) is 3.76. The van der Waals surface area contributed by atoms with E-state index in [1.54, 1.807) is 18.3 Å². The van der Waals surface area contributed by atoms with E-state index in [0.29, 0.717) is 5.92 Å². The highest BCUT2D eigenvalue weighted by Crippen LogP contribution is 2.47. The molecule has 2 fully saturated rings. The third-order valence-electron chi connectivity index (χ3n) is 5.18. The van der Waals surface area contributed by atoms with Crippen LogP contribution in [0.1, 0.15) is 30.7 Å². The van der Waals surface area contributed by atoms with Crippen LogP contribution >= 0.6 is 0 Å². The smallest absolute Gasteiger partial charge is 0.224 e. The number of nitrogens with one attached hydrogen (secondary N) is 1. The van der Waals surface area contributed by atoms with Crippen LogP contribution in [0.2, 0.25) is 0 Å². The lowest BCUT2D eigenvalue weighted by Gasteiger charge is -2.34. The summed E-state index contributed by atoms with van der Waals surface area (Å²) in [5, 5.41) is 3.20. The molecule has 2 heterocycles. The summed E-state index contributed by atoms with van der Waals surface area (Å²) in [4.78, 5) is 18.8. The van der Waals surface area contributed by atoms with E-state index in [-0.39, 0.29) is 23.7 Å². The fourth-order valence-electron chi connectivity index (χ4n) is 3.76. The minimum absolute atomic E-state index is 0.0637. The van der Waals surface area contributed by atoms with Crippen molar-refractivity contribution >= 4 is 11.6 Å². The summed E-state index contributed by atoms with van der Waals surface area (Å²) in [6.45, 7) is 1.64. The van der Waals surface area contributed by atoms with Gasteiger partial charge in [-0.25, -0.2) is 4.39 Å². The molecule has 25 heavy (non-hydrogen) atoms. The van der Waals surface area contributed by atoms with Crippen LogP contribution in [-0.4, -0.2) is 30.0 Å². The highest BCUT2D eigenvalue weighted by atomic mass is 19.1. The van der Waals surface area contributed by atoms with Crippen LogP contribution in [0.5, 0.6) is 0 Å². The van der Waals surface area contributed by atoms with Gasteiger partial charge in [0.15, 0.2) is 0 Å². The summed E-state index contributed by atoms with van der Waals surface area (Å²) in [6, 6.07) is 10.8. The quantitative estimate of drug-likeness (QED) is 0.931. The molecule has 130 valence electrons. The number of amides is 1. The number of rotatable bonds is 4. The third kappa shape index (κ3) is 3.65. The largest absolute Gasteiger partial charge is 0.369 e. The highest BCUT2D eigenvalue weighted by molar-refractivity contribution is 5.83. The molecule has 1 aliphatic heterocycles. The Kier molecular flexibility index (Phi) is 4.38. The standard InChI is InChI=1S/C20H22FN3O/c21-15-5-1-7-17(10-15)24-9-3-6-16(13-24)23-20(25)19-11-18(19)14-4-2-8-22-12-14/h1-2,4-5,7-8,10,12,16,18-19H,3,6,9,11,13H2,(H,23,25)/t16-,18-,19-/m1/s1. The number of anilines is 1. The van der Waals surface area contributed by atoms with Crippen LogP contribution < -0.4 is 10.2 Å². The molecule has 1 aliphatic carbocycles. The van der Waals surface area contributed by atoms with E-state index in [0.717, 1.165) is 43.6 Å². The second kappa shape index (κ2) is 6.82. The molecule has 1 aromatic heterocycles. The Labute approximate surface area is 147 Å². The van der Waals surface area contributed by atoms with Crippen LogP contribution in [0.25, 0.3) is 0 Å². The summed E-state index contributed by atoms with van der Waals surface area (Å²) < 4.78 is 13.4. The molecule has 0 bridgehead atoms. The molecule has 0 spiro atoms. The van der Waals surface area contributed by atoms with Crippen LogP contribution in [0.3, 0.4) is 0 Å². The molecule has 3 atom stereocenters. The second-order valence-electron chi connectivity index (χ2n) is 7.01. The molecule has 1 saturated carbocycles. The second-order valence-corrected chi connectivity index (χ2v) is 7.01. The van der Waals surface area contributed by atoms with Crippen molar-refractivity contribution < 1.29 is 9.18 Å². The summed E-state index contributed by atoms with van der Waals surface area (Å²) in [5.74, 6) is 0.284. The van der Waals surface area contributed by atoms with Crippen molar-refractivity contribution in [1.82, 2.24) is 10.3 Å². The number of hydrogen-bond acceptors (Lipinski definition) is 3. The SMILES string of the molecule is O=C(N[C@@H]1CCCN(c2cccc(F)c2)C1)[C@@H]1C[C@@H]1c1cccnc1. The van der Waals surface area contributed by atoms with Gasteiger partial charge in [0.1, 0.15) is 5.82 Å². The van der Waals surface area contributed by atoms with Gasteiger partial charge in [0.05, 0.1) is 0 Å². The number of carbonyl (C=O) groups excluding carboxylic acids is 1. The van der Waals surface area contributed by atoms with Gasteiger partial charge in [-0.3, -0.25) is 9.78 Å². The van der Waals surface area contributed by atoms with Gasteiger partial charge in [0, 0.05) is 43.1 Å². The van der Waals surface area contributed by atoms with Crippen LogP contribution in [0.15, 0.2) is 48.8 Å². The Hall–Kier alpha value is -2.43. The number of nitrogens with zero attached hydrogens (tertiary/aromatic N) is 2. The number of hydrogen-bond donors (Lipinski definition) is 1. The number of halogens is 1. The predicted octanol–water partition coefficient (Wildman–Crippen LogP) is 3.11. The van der Waals surface area contributed by atoms with Crippen molar-refractivity contribution in [3.8, 4) is 0 Å². The van der Waals surface area contributed by atoms with Crippen molar-refractivity contribution in [2.24, 2.45) is 5.92 Å². The van der Waals surface area contributed by atoms with Crippen molar-refractivity contribution in [2.45, 2.75) is 31.2 Å². The molecule has 1 aromatic carbocycles. The molecular weight excluding hydrogens is 317 g/mol. The summed E-state index contributed by atoms with van der Waals surface area (Å²) in [5.41, 5.74) is 2.03. The zero-order valence-electron chi connectivity index (χ0n) is 14.1. The summed E-state index contributed by atoms with van der Waals surface area (Å²) in [7, 11) is 0. The van der Waals surface area contributed by atoms with E-state index in [2.05, 4.69) is 15.2 Å². The van der Waals surface area contributed by atoms with Gasteiger partial charge >= 0.3 is 0 Å². The Morgan fingerprint density at radius 3 is 3.00 bits per heavy atom. The Balaban J connectivity index is 1.34. The minimum atomic E-state index is -0.221. The summed E-state index contributed by atoms with van der Waals surface area (Å²) in [6.07, 6.45) is 6.48. The number of aromatic nitrogens is 1. The fraction of sp³-hybridized carbons (Fsp3) is 0.400. The normalized spacial score (nSPS) is 25.5. The topological polar surface area (TPSA) is 45.2 Å². The molecule has 4 rings (SSSR count). The molecule has 1 N–H and O–H groups in total. The first-order valence-electron chi connectivity index (χ1n) is 8.91. The molecule has 0 radical (unpaired) electrons. The number of piperidine rings is 1. The molecule has 1 amide bonds. The third-order valence-corrected chi connectivity index (χ3v) is 5.18. The van der Waals surface area contributed by atoms with E-state index in [1.807, 2.05) is 24.4 Å². The lowest BCUT2D eigenvalue weighted by atomic mass is 10.0. The maximum Gasteiger partial charge on any atom is 0.224 e. The predicted molar refractivity (Wildman–Crippen MR) is 94.9 cm³/mol. The lowest BCUT2D eigenvalue weighted by Crippen LogP contribution is -2.48. The number of pyridine rings is 1. The van der Waals surface area contributed by atoms with Gasteiger partial charge in [-0.05, 0) is 55.0 Å². The molecule has 5 heteroatoms. The van der Waals surface area contributed by atoms with Gasteiger partial charge in [0.25, 0.3) is 0 Å². The first kappa shape index (κ1) is 16.1. The monoisotopic (exact) mass is 339 g/mol. The first-order valence-corrected chi connectivity index (χ1v) is 8.91. The molecule has 2 aliphatic rings. The van der Waals surface area contributed by atoms with Gasteiger partial charge in [-0.15, -0.1) is 0 Å². The van der Waals surface area contributed by atoms with Crippen molar-refractivity contribution in [2.75, 3.05) is 18.0 Å². The van der Waals surface area contributed by atoms with Crippen molar-refractivity contribution in [3.05, 3.63) is 60.2 Å². The number of carbonyl (C=O) groups is 1. The van der Waals surface area contributed by atoms with Gasteiger partial charge in [-0.1, -0.05) is 12.1 Å². The lowest BCUT2D eigenvalue weighted by molar-refractivity contribution is -0.123. The molecule has 2 aromatic rings. The summed E-state index contributed by atoms with van der Waals surface area (Å²) >= 11 is 0. The van der Waals surface area contributed by atoms with Gasteiger partial charge in [0.2, 0.25) is 5.91 Å². The van der Waals surface area contributed by atoms with Gasteiger partial charge in [-0.2, -0.15) is 0 Å². The maximum absolute atomic E-state index is 13.4. The Bertz CT molecular complexity index is 752. The maximum atomic E-state index is 13.4.